The van der Waals surface area contributed by atoms with Crippen molar-refractivity contribution in [1.82, 2.24) is 9.88 Å². The van der Waals surface area contributed by atoms with Crippen molar-refractivity contribution in [2.75, 3.05) is 13.2 Å². The number of hydrogen-bond acceptors (Lipinski definition) is 2. The molecular formula is C20H22N2O2. The van der Waals surface area contributed by atoms with Crippen LogP contribution in [0.2, 0.25) is 0 Å². The summed E-state index contributed by atoms with van der Waals surface area (Å²) in [7, 11) is 0. The maximum Gasteiger partial charge on any atom is 0.255 e. The van der Waals surface area contributed by atoms with Gasteiger partial charge in [-0.15, -0.1) is 0 Å². The van der Waals surface area contributed by atoms with Gasteiger partial charge in [0.05, 0.1) is 12.2 Å². The van der Waals surface area contributed by atoms with E-state index < -0.39 is 0 Å². The molecule has 3 aromatic rings. The third kappa shape index (κ3) is 3.59. The van der Waals surface area contributed by atoms with Crippen LogP contribution >= 0.6 is 0 Å². The number of nitrogens with zero attached hydrogens (tertiary/aromatic N) is 1. The van der Waals surface area contributed by atoms with Gasteiger partial charge in [-0.3, -0.25) is 4.79 Å². The Morgan fingerprint density at radius 2 is 1.88 bits per heavy atom. The summed E-state index contributed by atoms with van der Waals surface area (Å²) in [6.07, 6.45) is 4.94. The van der Waals surface area contributed by atoms with Crippen molar-refractivity contribution in [2.24, 2.45) is 0 Å². The molecule has 1 aromatic heterocycles. The van der Waals surface area contributed by atoms with Crippen LogP contribution in [-0.4, -0.2) is 23.6 Å². The average molecular weight is 322 g/mol. The first kappa shape index (κ1) is 16.1. The molecule has 4 nitrogen and oxygen atoms in total. The molecule has 2 aromatic carbocycles. The van der Waals surface area contributed by atoms with Crippen molar-refractivity contribution in [3.05, 3.63) is 66.5 Å². The lowest BCUT2D eigenvalue weighted by molar-refractivity contribution is 0.0951. The largest absolute Gasteiger partial charge is 0.493 e. The smallest absolute Gasteiger partial charge is 0.255 e. The van der Waals surface area contributed by atoms with E-state index in [0.29, 0.717) is 24.5 Å². The molecule has 0 unspecified atom stereocenters. The number of ether oxygens (including phenoxy) is 1. The molecule has 0 bridgehead atoms. The highest BCUT2D eigenvalue weighted by Crippen LogP contribution is 2.28. The Bertz CT molecular complexity index is 810. The predicted molar refractivity (Wildman–Crippen MR) is 96.5 cm³/mol. The first-order chi connectivity index (χ1) is 11.8. The molecule has 3 rings (SSSR count). The fraction of sp³-hybridized carbons (Fsp3) is 0.250. The number of aromatic nitrogens is 1. The van der Waals surface area contributed by atoms with Crippen molar-refractivity contribution >= 4 is 16.7 Å². The van der Waals surface area contributed by atoms with Crippen LogP contribution in [0.1, 0.15) is 23.7 Å². The van der Waals surface area contributed by atoms with Crippen LogP contribution in [0.3, 0.4) is 0 Å². The number of fused-ring (bicyclic) bond motifs is 1. The van der Waals surface area contributed by atoms with Gasteiger partial charge in [-0.1, -0.05) is 30.3 Å². The number of carbonyl (C=O) groups excluding carboxylic acids is 1. The summed E-state index contributed by atoms with van der Waals surface area (Å²) < 4.78 is 7.77. The van der Waals surface area contributed by atoms with E-state index in [2.05, 4.69) is 9.88 Å². The molecule has 0 radical (unpaired) electrons. The van der Waals surface area contributed by atoms with E-state index in [9.17, 15) is 4.79 Å². The van der Waals surface area contributed by atoms with E-state index in [1.54, 1.807) is 0 Å². The number of nitrogens with one attached hydrogen (secondary N) is 1. The van der Waals surface area contributed by atoms with Crippen molar-refractivity contribution < 1.29 is 9.53 Å². The Labute approximate surface area is 142 Å². The Kier molecular flexibility index (Phi) is 5.16. The number of amides is 1. The molecule has 24 heavy (non-hydrogen) atoms. The van der Waals surface area contributed by atoms with Crippen LogP contribution in [0, 0.1) is 0 Å². The summed E-state index contributed by atoms with van der Waals surface area (Å²) in [6.45, 7) is 3.98. The second kappa shape index (κ2) is 7.68. The molecule has 0 aliphatic heterocycles. The fourth-order valence-electron chi connectivity index (χ4n) is 2.83. The molecule has 0 aliphatic carbocycles. The molecule has 0 fully saturated rings. The second-order valence-corrected chi connectivity index (χ2v) is 5.62. The number of benzene rings is 2. The zero-order valence-corrected chi connectivity index (χ0v) is 13.9. The highest BCUT2D eigenvalue weighted by molar-refractivity contribution is 6.09. The maximum absolute atomic E-state index is 12.7. The van der Waals surface area contributed by atoms with Crippen LogP contribution < -0.4 is 10.1 Å². The van der Waals surface area contributed by atoms with Gasteiger partial charge in [0.2, 0.25) is 0 Å². The molecule has 1 heterocycles. The molecule has 1 N–H and O–H groups in total. The minimum absolute atomic E-state index is 0.0808. The van der Waals surface area contributed by atoms with Crippen LogP contribution in [0.25, 0.3) is 10.8 Å². The van der Waals surface area contributed by atoms with Gasteiger partial charge in [-0.05, 0) is 42.3 Å². The molecule has 0 atom stereocenters. The van der Waals surface area contributed by atoms with Crippen LogP contribution in [-0.2, 0) is 6.54 Å². The first-order valence-corrected chi connectivity index (χ1v) is 8.33. The Balaban J connectivity index is 1.73. The lowest BCUT2D eigenvalue weighted by atomic mass is 10.0. The van der Waals surface area contributed by atoms with E-state index in [0.717, 1.165) is 23.7 Å². The summed E-state index contributed by atoms with van der Waals surface area (Å²) in [5.41, 5.74) is 0.621. The zero-order chi connectivity index (χ0) is 16.8. The van der Waals surface area contributed by atoms with Crippen molar-refractivity contribution in [3.63, 3.8) is 0 Å². The number of rotatable bonds is 7. The standard InChI is InChI=1S/C20H22N2O2/c1-2-24-18-11-10-16-8-3-4-9-17(16)19(18)20(23)21-12-7-15-22-13-5-6-14-22/h3-6,8-11,13-14H,2,7,12,15H2,1H3,(H,21,23). The van der Waals surface area contributed by atoms with Gasteiger partial charge in [0.15, 0.2) is 0 Å². The topological polar surface area (TPSA) is 43.3 Å². The van der Waals surface area contributed by atoms with Crippen LogP contribution in [0.4, 0.5) is 0 Å². The van der Waals surface area contributed by atoms with Gasteiger partial charge < -0.3 is 14.6 Å². The Morgan fingerprint density at radius 3 is 2.67 bits per heavy atom. The number of aryl methyl sites for hydroxylation is 1. The van der Waals surface area contributed by atoms with Crippen LogP contribution in [0.15, 0.2) is 60.9 Å². The van der Waals surface area contributed by atoms with E-state index in [1.165, 1.54) is 0 Å². The molecule has 0 spiro atoms. The lowest BCUT2D eigenvalue weighted by Gasteiger charge is -2.13. The van der Waals surface area contributed by atoms with Crippen molar-refractivity contribution in [2.45, 2.75) is 19.9 Å². The first-order valence-electron chi connectivity index (χ1n) is 8.33. The monoisotopic (exact) mass is 322 g/mol. The third-order valence-electron chi connectivity index (χ3n) is 3.96. The van der Waals surface area contributed by atoms with Gasteiger partial charge >= 0.3 is 0 Å². The van der Waals surface area contributed by atoms with Crippen LogP contribution in [0.5, 0.6) is 5.75 Å². The minimum Gasteiger partial charge on any atom is -0.493 e. The number of hydrogen-bond donors (Lipinski definition) is 1. The van der Waals surface area contributed by atoms with E-state index in [1.807, 2.05) is 67.8 Å². The SMILES string of the molecule is CCOc1ccc2ccccc2c1C(=O)NCCCn1cccc1. The highest BCUT2D eigenvalue weighted by Gasteiger charge is 2.16. The van der Waals surface area contributed by atoms with Crippen molar-refractivity contribution in [1.29, 1.82) is 0 Å². The fourth-order valence-corrected chi connectivity index (χ4v) is 2.83. The minimum atomic E-state index is -0.0808. The lowest BCUT2D eigenvalue weighted by Crippen LogP contribution is -2.26. The second-order valence-electron chi connectivity index (χ2n) is 5.62. The number of carbonyl (C=O) groups is 1. The molecule has 0 saturated heterocycles. The Hall–Kier alpha value is -2.75. The third-order valence-corrected chi connectivity index (χ3v) is 3.96. The quantitative estimate of drug-likeness (QED) is 0.671. The molecular weight excluding hydrogens is 300 g/mol. The predicted octanol–water partition coefficient (Wildman–Crippen LogP) is 3.86. The Morgan fingerprint density at radius 1 is 1.08 bits per heavy atom. The van der Waals surface area contributed by atoms with Gasteiger partial charge in [0, 0.05) is 25.5 Å². The van der Waals surface area contributed by atoms with Gasteiger partial charge in [-0.25, -0.2) is 0 Å². The molecule has 0 saturated carbocycles. The average Bonchev–Trinajstić information content (AvgIpc) is 3.12. The zero-order valence-electron chi connectivity index (χ0n) is 13.9. The van der Waals surface area contributed by atoms with Crippen molar-refractivity contribution in [3.8, 4) is 5.75 Å². The highest BCUT2D eigenvalue weighted by atomic mass is 16.5. The summed E-state index contributed by atoms with van der Waals surface area (Å²) >= 11 is 0. The van der Waals surface area contributed by atoms with Gasteiger partial charge in [0.25, 0.3) is 5.91 Å². The van der Waals surface area contributed by atoms with Gasteiger partial charge in [0.1, 0.15) is 5.75 Å². The van der Waals surface area contributed by atoms with Gasteiger partial charge in [-0.2, -0.15) is 0 Å². The molecule has 0 aliphatic rings. The van der Waals surface area contributed by atoms with E-state index in [-0.39, 0.29) is 5.91 Å². The molecule has 4 heteroatoms. The summed E-state index contributed by atoms with van der Waals surface area (Å²) in [5, 5.41) is 4.98. The molecule has 124 valence electrons. The normalized spacial score (nSPS) is 10.7. The summed E-state index contributed by atoms with van der Waals surface area (Å²) in [5.74, 6) is 0.557. The summed E-state index contributed by atoms with van der Waals surface area (Å²) in [4.78, 5) is 12.7. The van der Waals surface area contributed by atoms with E-state index in [4.69, 9.17) is 4.74 Å². The summed E-state index contributed by atoms with van der Waals surface area (Å²) in [6, 6.07) is 15.8. The molecule has 1 amide bonds. The van der Waals surface area contributed by atoms with E-state index >= 15 is 0 Å². The maximum atomic E-state index is 12.7.